The molecule has 0 bridgehead atoms. The van der Waals surface area contributed by atoms with Crippen LogP contribution in [0.3, 0.4) is 0 Å². The standard InChI is InChI=1S/C20H26N4O3/c1-14-11-16(23-20(22-14)24-9-5-4-6-10-24)19(25)21-13-15-7-8-17(26-2)18(12-15)27-3/h7-8,11-12H,4-6,9-10,13H2,1-3H3,(H,21,25). The van der Waals surface area contributed by atoms with Crippen molar-refractivity contribution in [2.45, 2.75) is 32.7 Å². The molecular weight excluding hydrogens is 344 g/mol. The Morgan fingerprint density at radius 3 is 2.52 bits per heavy atom. The number of nitrogens with one attached hydrogen (secondary N) is 1. The maximum absolute atomic E-state index is 12.6. The molecular formula is C20H26N4O3. The van der Waals surface area contributed by atoms with Crippen molar-refractivity contribution in [3.8, 4) is 11.5 Å². The molecule has 144 valence electrons. The molecule has 3 rings (SSSR count). The number of anilines is 1. The first-order chi connectivity index (χ1) is 13.1. The Hall–Kier alpha value is -2.83. The Labute approximate surface area is 159 Å². The number of ether oxygens (including phenoxy) is 2. The highest BCUT2D eigenvalue weighted by Crippen LogP contribution is 2.27. The molecule has 0 atom stereocenters. The molecule has 2 aromatic rings. The largest absolute Gasteiger partial charge is 0.493 e. The zero-order chi connectivity index (χ0) is 19.2. The second kappa shape index (κ2) is 8.70. The molecule has 7 nitrogen and oxygen atoms in total. The Morgan fingerprint density at radius 1 is 1.07 bits per heavy atom. The minimum Gasteiger partial charge on any atom is -0.493 e. The molecule has 27 heavy (non-hydrogen) atoms. The molecule has 1 N–H and O–H groups in total. The Kier molecular flexibility index (Phi) is 6.11. The molecule has 1 aromatic heterocycles. The van der Waals surface area contributed by atoms with Gasteiger partial charge in [0.25, 0.3) is 5.91 Å². The van der Waals surface area contributed by atoms with Crippen LogP contribution in [0.1, 0.15) is 41.0 Å². The number of carbonyl (C=O) groups excluding carboxylic acids is 1. The molecule has 0 aliphatic carbocycles. The second-order valence-corrected chi connectivity index (χ2v) is 6.61. The predicted octanol–water partition coefficient (Wildman–Crippen LogP) is 2.72. The van der Waals surface area contributed by atoms with Gasteiger partial charge in [0.15, 0.2) is 11.5 Å². The van der Waals surface area contributed by atoms with E-state index in [0.29, 0.717) is 29.7 Å². The van der Waals surface area contributed by atoms with Crippen molar-refractivity contribution in [3.05, 3.63) is 41.2 Å². The fraction of sp³-hybridized carbons (Fsp3) is 0.450. The average molecular weight is 370 g/mol. The molecule has 1 aliphatic rings. The first-order valence-electron chi connectivity index (χ1n) is 9.20. The number of aromatic nitrogens is 2. The van der Waals surface area contributed by atoms with Gasteiger partial charge in [-0.05, 0) is 49.9 Å². The highest BCUT2D eigenvalue weighted by Gasteiger charge is 2.17. The lowest BCUT2D eigenvalue weighted by atomic mass is 10.1. The van der Waals surface area contributed by atoms with Gasteiger partial charge in [0.1, 0.15) is 5.69 Å². The van der Waals surface area contributed by atoms with Crippen LogP contribution in [0.5, 0.6) is 11.5 Å². The van der Waals surface area contributed by atoms with Gasteiger partial charge in [0, 0.05) is 25.3 Å². The topological polar surface area (TPSA) is 76.6 Å². The van der Waals surface area contributed by atoms with E-state index in [1.165, 1.54) is 6.42 Å². The highest BCUT2D eigenvalue weighted by atomic mass is 16.5. The number of piperidine rings is 1. The number of benzene rings is 1. The quantitative estimate of drug-likeness (QED) is 0.843. The molecule has 2 heterocycles. The SMILES string of the molecule is COc1ccc(CNC(=O)c2cc(C)nc(N3CCCCC3)n2)cc1OC. The third-order valence-electron chi connectivity index (χ3n) is 4.61. The summed E-state index contributed by atoms with van der Waals surface area (Å²) in [5, 5.41) is 2.92. The number of amides is 1. The van der Waals surface area contributed by atoms with Gasteiger partial charge in [-0.15, -0.1) is 0 Å². The molecule has 7 heteroatoms. The van der Waals surface area contributed by atoms with E-state index in [0.717, 1.165) is 37.2 Å². The Morgan fingerprint density at radius 2 is 1.81 bits per heavy atom. The van der Waals surface area contributed by atoms with Gasteiger partial charge >= 0.3 is 0 Å². The maximum Gasteiger partial charge on any atom is 0.270 e. The van der Waals surface area contributed by atoms with E-state index < -0.39 is 0 Å². The number of hydrogen-bond acceptors (Lipinski definition) is 6. The number of nitrogens with zero attached hydrogens (tertiary/aromatic N) is 3. The van der Waals surface area contributed by atoms with Gasteiger partial charge in [-0.1, -0.05) is 6.07 Å². The number of carbonyl (C=O) groups is 1. The summed E-state index contributed by atoms with van der Waals surface area (Å²) in [6.45, 7) is 4.15. The lowest BCUT2D eigenvalue weighted by Gasteiger charge is -2.27. The average Bonchev–Trinajstić information content (AvgIpc) is 2.71. The number of hydrogen-bond donors (Lipinski definition) is 1. The third-order valence-corrected chi connectivity index (χ3v) is 4.61. The van der Waals surface area contributed by atoms with E-state index in [2.05, 4.69) is 20.2 Å². The normalized spacial score (nSPS) is 14.0. The van der Waals surface area contributed by atoms with E-state index >= 15 is 0 Å². The lowest BCUT2D eigenvalue weighted by molar-refractivity contribution is 0.0945. The zero-order valence-corrected chi connectivity index (χ0v) is 16.1. The number of rotatable bonds is 6. The molecule has 1 fully saturated rings. The summed E-state index contributed by atoms with van der Waals surface area (Å²) in [5.41, 5.74) is 2.11. The molecule has 1 saturated heterocycles. The first kappa shape index (κ1) is 18.9. The van der Waals surface area contributed by atoms with Crippen molar-refractivity contribution in [2.75, 3.05) is 32.2 Å². The third kappa shape index (κ3) is 4.67. The highest BCUT2D eigenvalue weighted by molar-refractivity contribution is 5.92. The van der Waals surface area contributed by atoms with E-state index in [9.17, 15) is 4.79 Å². The summed E-state index contributed by atoms with van der Waals surface area (Å²) in [4.78, 5) is 23.8. The number of methoxy groups -OCH3 is 2. The minimum atomic E-state index is -0.214. The Balaban J connectivity index is 1.70. The van der Waals surface area contributed by atoms with Crippen molar-refractivity contribution in [3.63, 3.8) is 0 Å². The van der Waals surface area contributed by atoms with Gasteiger partial charge in [0.2, 0.25) is 5.95 Å². The van der Waals surface area contributed by atoms with Gasteiger partial charge in [-0.3, -0.25) is 4.79 Å². The van der Waals surface area contributed by atoms with E-state index in [-0.39, 0.29) is 5.91 Å². The summed E-state index contributed by atoms with van der Waals surface area (Å²) < 4.78 is 10.5. The van der Waals surface area contributed by atoms with Crippen LogP contribution in [-0.4, -0.2) is 43.2 Å². The molecule has 1 amide bonds. The molecule has 0 unspecified atom stereocenters. The van der Waals surface area contributed by atoms with Crippen molar-refractivity contribution in [1.82, 2.24) is 15.3 Å². The van der Waals surface area contributed by atoms with E-state index in [1.807, 2.05) is 25.1 Å². The second-order valence-electron chi connectivity index (χ2n) is 6.61. The molecule has 0 radical (unpaired) electrons. The van der Waals surface area contributed by atoms with Crippen LogP contribution in [0.25, 0.3) is 0 Å². The zero-order valence-electron chi connectivity index (χ0n) is 16.1. The van der Waals surface area contributed by atoms with E-state index in [1.54, 1.807) is 20.3 Å². The molecule has 0 saturated carbocycles. The van der Waals surface area contributed by atoms with Gasteiger partial charge in [-0.2, -0.15) is 0 Å². The van der Waals surface area contributed by atoms with Crippen molar-refractivity contribution < 1.29 is 14.3 Å². The first-order valence-corrected chi connectivity index (χ1v) is 9.20. The summed E-state index contributed by atoms with van der Waals surface area (Å²) >= 11 is 0. The fourth-order valence-corrected chi connectivity index (χ4v) is 3.17. The van der Waals surface area contributed by atoms with Crippen LogP contribution in [0.15, 0.2) is 24.3 Å². The molecule has 1 aliphatic heterocycles. The van der Waals surface area contributed by atoms with Crippen LogP contribution in [0.4, 0.5) is 5.95 Å². The van der Waals surface area contributed by atoms with Gasteiger partial charge in [0.05, 0.1) is 14.2 Å². The molecule has 0 spiro atoms. The van der Waals surface area contributed by atoms with Crippen LogP contribution in [-0.2, 0) is 6.54 Å². The van der Waals surface area contributed by atoms with Crippen molar-refractivity contribution >= 4 is 11.9 Å². The number of aryl methyl sites for hydroxylation is 1. The van der Waals surface area contributed by atoms with E-state index in [4.69, 9.17) is 9.47 Å². The van der Waals surface area contributed by atoms with Crippen LogP contribution < -0.4 is 19.7 Å². The van der Waals surface area contributed by atoms with Crippen LogP contribution in [0.2, 0.25) is 0 Å². The predicted molar refractivity (Wildman–Crippen MR) is 104 cm³/mol. The van der Waals surface area contributed by atoms with Crippen LogP contribution >= 0.6 is 0 Å². The van der Waals surface area contributed by atoms with Crippen molar-refractivity contribution in [2.24, 2.45) is 0 Å². The Bertz CT molecular complexity index is 804. The summed E-state index contributed by atoms with van der Waals surface area (Å²) in [6.07, 6.45) is 3.51. The fourth-order valence-electron chi connectivity index (χ4n) is 3.17. The summed E-state index contributed by atoms with van der Waals surface area (Å²) in [6, 6.07) is 7.29. The maximum atomic E-state index is 12.6. The smallest absolute Gasteiger partial charge is 0.270 e. The summed E-state index contributed by atoms with van der Waals surface area (Å²) in [5.74, 6) is 1.72. The minimum absolute atomic E-state index is 0.214. The van der Waals surface area contributed by atoms with Crippen molar-refractivity contribution in [1.29, 1.82) is 0 Å². The lowest BCUT2D eigenvalue weighted by Crippen LogP contribution is -2.32. The van der Waals surface area contributed by atoms with Gasteiger partial charge in [-0.25, -0.2) is 9.97 Å². The molecule has 1 aromatic carbocycles. The summed E-state index contributed by atoms with van der Waals surface area (Å²) in [7, 11) is 3.18. The monoisotopic (exact) mass is 370 g/mol. The van der Waals surface area contributed by atoms with Gasteiger partial charge < -0.3 is 19.7 Å². The van der Waals surface area contributed by atoms with Crippen LogP contribution in [0, 0.1) is 6.92 Å².